The molecule has 2 aliphatic heterocycles. The van der Waals surface area contributed by atoms with Crippen LogP contribution in [0.4, 0.5) is 0 Å². The molecule has 6 radical (unpaired) electrons. The van der Waals surface area contributed by atoms with Gasteiger partial charge in [-0.25, -0.2) is 0 Å². The second-order valence-corrected chi connectivity index (χ2v) is 5.28. The summed E-state index contributed by atoms with van der Waals surface area (Å²) in [5.74, 6) is 2.08. The Morgan fingerprint density at radius 1 is 0.550 bits per heavy atom. The Balaban J connectivity index is -0.000000444. The van der Waals surface area contributed by atoms with Gasteiger partial charge in [0.05, 0.1) is 0 Å². The van der Waals surface area contributed by atoms with E-state index in [1.807, 2.05) is 27.7 Å². The van der Waals surface area contributed by atoms with Crippen molar-refractivity contribution in [1.29, 1.82) is 0 Å². The molecule has 0 aromatic rings. The molecule has 0 unspecified atom stereocenters. The first kappa shape index (κ1) is 25.0. The Morgan fingerprint density at radius 2 is 0.750 bits per heavy atom. The van der Waals surface area contributed by atoms with Crippen molar-refractivity contribution in [3.63, 3.8) is 0 Å². The zero-order chi connectivity index (χ0) is 14.0. The number of hydrogen-bond acceptors (Lipinski definition) is 2. The number of hydrogen-bond donors (Lipinski definition) is 0. The zero-order valence-corrected chi connectivity index (χ0v) is 14.9. The van der Waals surface area contributed by atoms with Crippen molar-refractivity contribution in [3.05, 3.63) is 0 Å². The lowest BCUT2D eigenvalue weighted by molar-refractivity contribution is 0.117. The molecule has 0 spiro atoms. The molecule has 0 aliphatic carbocycles. The van der Waals surface area contributed by atoms with Crippen LogP contribution in [0.15, 0.2) is 0 Å². The molecule has 4 heteroatoms. The van der Waals surface area contributed by atoms with Crippen molar-refractivity contribution in [1.82, 2.24) is 9.80 Å². The van der Waals surface area contributed by atoms with Gasteiger partial charge in [0.25, 0.3) is 0 Å². The maximum absolute atomic E-state index is 2.48. The van der Waals surface area contributed by atoms with Crippen molar-refractivity contribution < 1.29 is 0 Å². The number of nitrogens with zero attached hydrogens (tertiary/aromatic N) is 2. The van der Waals surface area contributed by atoms with E-state index >= 15 is 0 Å². The first-order valence-corrected chi connectivity index (χ1v) is 8.13. The van der Waals surface area contributed by atoms with Gasteiger partial charge in [-0.1, -0.05) is 27.7 Å². The highest BCUT2D eigenvalue weighted by atomic mass is 15.1. The molecule has 2 nitrogen and oxygen atoms in total. The minimum atomic E-state index is 0. The highest BCUT2D eigenvalue weighted by Gasteiger charge is 2.27. The normalized spacial score (nSPS) is 21.3. The van der Waals surface area contributed by atoms with Gasteiger partial charge in [-0.3, -0.25) is 0 Å². The fraction of sp³-hybridized carbons (Fsp3) is 1.00. The Bertz CT molecular complexity index is 155. The summed E-state index contributed by atoms with van der Waals surface area (Å²) in [5, 5.41) is 0. The second kappa shape index (κ2) is 15.4. The van der Waals surface area contributed by atoms with Crippen LogP contribution in [0.2, 0.25) is 0 Å². The lowest BCUT2D eigenvalue weighted by atomic mass is 9.79. The molecule has 116 valence electrons. The molecule has 2 heterocycles. The molecule has 2 fully saturated rings. The second-order valence-electron chi connectivity index (χ2n) is 5.28. The van der Waals surface area contributed by atoms with Crippen molar-refractivity contribution in [2.75, 3.05) is 40.3 Å². The van der Waals surface area contributed by atoms with Crippen LogP contribution in [0.3, 0.4) is 0 Å². The molecule has 0 aromatic heterocycles. The van der Waals surface area contributed by atoms with Crippen LogP contribution in [0.5, 0.6) is 0 Å². The molecule has 0 N–H and O–H groups in total. The Kier molecular flexibility index (Phi) is 19.3. The summed E-state index contributed by atoms with van der Waals surface area (Å²) in [4.78, 5) is 4.96. The number of piperidine rings is 2. The van der Waals surface area contributed by atoms with E-state index in [-0.39, 0.29) is 16.8 Å². The van der Waals surface area contributed by atoms with E-state index in [4.69, 9.17) is 0 Å². The van der Waals surface area contributed by atoms with Gasteiger partial charge in [0.15, 0.2) is 0 Å². The van der Waals surface area contributed by atoms with E-state index in [1.165, 1.54) is 51.9 Å². The maximum Gasteiger partial charge on any atom is 0 e. The van der Waals surface area contributed by atoms with E-state index < -0.39 is 0 Å². The van der Waals surface area contributed by atoms with E-state index in [1.54, 1.807) is 0 Å². The number of rotatable bonds is 1. The molecule has 20 heavy (non-hydrogen) atoms. The molecule has 2 rings (SSSR count). The van der Waals surface area contributed by atoms with Crippen LogP contribution in [0.1, 0.15) is 53.4 Å². The van der Waals surface area contributed by atoms with Crippen molar-refractivity contribution in [3.8, 4) is 0 Å². The third kappa shape index (κ3) is 9.07. The Hall–Kier alpha value is 0.0499. The molecule has 0 aromatic carbocycles. The molecular weight excluding hydrogens is 242 g/mol. The monoisotopic (exact) mass is 278 g/mol. The summed E-state index contributed by atoms with van der Waals surface area (Å²) >= 11 is 0. The van der Waals surface area contributed by atoms with Crippen LogP contribution in [0.25, 0.3) is 0 Å². The smallest absolute Gasteiger partial charge is 0 e. The van der Waals surface area contributed by atoms with Crippen LogP contribution in [-0.4, -0.2) is 66.9 Å². The first-order chi connectivity index (χ1) is 8.75. The summed E-state index contributed by atoms with van der Waals surface area (Å²) in [6, 6.07) is 0. The van der Waals surface area contributed by atoms with Gasteiger partial charge in [-0.15, -0.1) is 0 Å². The molecule has 0 bridgehead atoms. The van der Waals surface area contributed by atoms with E-state index in [9.17, 15) is 0 Å². The third-order valence-corrected chi connectivity index (χ3v) is 4.19. The van der Waals surface area contributed by atoms with Crippen molar-refractivity contribution in [2.45, 2.75) is 53.4 Å². The lowest BCUT2D eigenvalue weighted by Crippen LogP contribution is -2.38. The van der Waals surface area contributed by atoms with Crippen LogP contribution < -0.4 is 0 Å². The Morgan fingerprint density at radius 3 is 0.950 bits per heavy atom. The standard InChI is InChI=1S/C12H24N2.2C2H6.2B/c1-13-7-3-11(4-8-13)12-5-9-14(2)10-6-12;2*1-2;;/h11-12H,3-10H2,1-2H3;2*1-2H3;;. The molecule has 2 saturated heterocycles. The fourth-order valence-corrected chi connectivity index (χ4v) is 3.00. The van der Waals surface area contributed by atoms with Gasteiger partial charge in [0.1, 0.15) is 0 Å². The zero-order valence-electron chi connectivity index (χ0n) is 14.9. The van der Waals surface area contributed by atoms with Gasteiger partial charge < -0.3 is 9.80 Å². The van der Waals surface area contributed by atoms with Gasteiger partial charge in [-0.2, -0.15) is 0 Å². The van der Waals surface area contributed by atoms with E-state index in [0.29, 0.717) is 0 Å². The van der Waals surface area contributed by atoms with E-state index in [2.05, 4.69) is 23.9 Å². The first-order valence-electron chi connectivity index (χ1n) is 8.13. The summed E-state index contributed by atoms with van der Waals surface area (Å²) in [6.45, 7) is 13.3. The topological polar surface area (TPSA) is 6.48 Å². The Labute approximate surface area is 132 Å². The predicted molar refractivity (Wildman–Crippen MR) is 94.6 cm³/mol. The fourth-order valence-electron chi connectivity index (χ4n) is 3.00. The lowest BCUT2D eigenvalue weighted by Gasteiger charge is -2.38. The van der Waals surface area contributed by atoms with Crippen LogP contribution >= 0.6 is 0 Å². The van der Waals surface area contributed by atoms with Gasteiger partial charge in [0, 0.05) is 16.8 Å². The summed E-state index contributed by atoms with van der Waals surface area (Å²) < 4.78 is 0. The average Bonchev–Trinajstić information content (AvgIpc) is 2.45. The maximum atomic E-state index is 2.48. The predicted octanol–water partition coefficient (Wildman–Crippen LogP) is 2.96. The molecule has 0 saturated carbocycles. The highest BCUT2D eigenvalue weighted by Crippen LogP contribution is 2.31. The SMILES string of the molecule is CC.CC.CN1CCC(C2CCN(C)CC2)CC1.[B].[B]. The van der Waals surface area contributed by atoms with Gasteiger partial charge >= 0.3 is 0 Å². The minimum Gasteiger partial charge on any atom is -0.306 e. The molecule has 0 atom stereocenters. The van der Waals surface area contributed by atoms with Crippen LogP contribution in [0, 0.1) is 11.8 Å². The quantitative estimate of drug-likeness (QED) is 0.680. The molecule has 0 amide bonds. The van der Waals surface area contributed by atoms with Gasteiger partial charge in [0.2, 0.25) is 0 Å². The highest BCUT2D eigenvalue weighted by molar-refractivity contribution is 5.76. The van der Waals surface area contributed by atoms with Crippen molar-refractivity contribution >= 4 is 16.8 Å². The summed E-state index contributed by atoms with van der Waals surface area (Å²) in [5.41, 5.74) is 0. The average molecular weight is 278 g/mol. The summed E-state index contributed by atoms with van der Waals surface area (Å²) in [7, 11) is 4.51. The van der Waals surface area contributed by atoms with Crippen LogP contribution in [-0.2, 0) is 0 Å². The number of likely N-dealkylation sites (tertiary alicyclic amines) is 2. The summed E-state index contributed by atoms with van der Waals surface area (Å²) in [6.07, 6.45) is 5.80. The third-order valence-electron chi connectivity index (χ3n) is 4.19. The molecule has 2 aliphatic rings. The van der Waals surface area contributed by atoms with Gasteiger partial charge in [-0.05, 0) is 77.8 Å². The minimum absolute atomic E-state index is 0. The van der Waals surface area contributed by atoms with E-state index in [0.717, 1.165) is 11.8 Å². The van der Waals surface area contributed by atoms with Crippen molar-refractivity contribution in [2.24, 2.45) is 11.8 Å². The molecular formula is C16H36B2N2. The largest absolute Gasteiger partial charge is 0.306 e.